The maximum atomic E-state index is 11.3. The molecule has 2 aromatic heterocycles. The fourth-order valence-corrected chi connectivity index (χ4v) is 3.28. The third kappa shape index (κ3) is 4.52. The van der Waals surface area contributed by atoms with Crippen molar-refractivity contribution in [3.63, 3.8) is 0 Å². The molecule has 0 aliphatic carbocycles. The second kappa shape index (κ2) is 8.04. The Hall–Kier alpha value is -2.51. The average Bonchev–Trinajstić information content (AvgIpc) is 2.98. The number of aryl methyl sites for hydroxylation is 1. The van der Waals surface area contributed by atoms with Crippen molar-refractivity contribution in [2.45, 2.75) is 6.92 Å². The maximum absolute atomic E-state index is 11.3. The topological polar surface area (TPSA) is 73.3 Å². The third-order valence-electron chi connectivity index (χ3n) is 3.51. The molecule has 6 nitrogen and oxygen atoms in total. The number of nitrogens with one attached hydrogen (secondary N) is 1. The van der Waals surface area contributed by atoms with Crippen LogP contribution < -0.4 is 10.1 Å². The van der Waals surface area contributed by atoms with Gasteiger partial charge in [0.25, 0.3) is 0 Å². The lowest BCUT2D eigenvalue weighted by Crippen LogP contribution is -2.30. The van der Waals surface area contributed by atoms with Crippen molar-refractivity contribution < 1.29 is 14.3 Å². The van der Waals surface area contributed by atoms with Gasteiger partial charge >= 0.3 is 0 Å². The van der Waals surface area contributed by atoms with E-state index in [0.29, 0.717) is 18.9 Å². The predicted octanol–water partition coefficient (Wildman–Crippen LogP) is 2.81. The minimum Gasteiger partial charge on any atom is -0.490 e. The Balaban J connectivity index is 1.65. The van der Waals surface area contributed by atoms with E-state index in [-0.39, 0.29) is 12.5 Å². The number of benzene rings is 1. The van der Waals surface area contributed by atoms with Crippen LogP contribution in [0.5, 0.6) is 5.75 Å². The first kappa shape index (κ1) is 17.3. The van der Waals surface area contributed by atoms with E-state index in [9.17, 15) is 4.79 Å². The number of ether oxygens (including phenoxy) is 2. The number of thiazole rings is 1. The van der Waals surface area contributed by atoms with Crippen molar-refractivity contribution in [1.29, 1.82) is 0 Å². The Morgan fingerprint density at radius 3 is 2.96 bits per heavy atom. The molecule has 0 bridgehead atoms. The molecule has 0 fully saturated rings. The molecule has 2 heterocycles. The van der Waals surface area contributed by atoms with Gasteiger partial charge in [0.2, 0.25) is 5.91 Å². The fraction of sp³-hybridized carbons (Fsp3) is 0.278. The molecule has 0 saturated carbocycles. The predicted molar refractivity (Wildman–Crippen MR) is 98.0 cm³/mol. The molecule has 7 heteroatoms. The summed E-state index contributed by atoms with van der Waals surface area (Å²) in [5.41, 5.74) is 3.06. The monoisotopic (exact) mass is 357 g/mol. The summed E-state index contributed by atoms with van der Waals surface area (Å²) in [5.74, 6) is 0.505. The van der Waals surface area contributed by atoms with E-state index < -0.39 is 0 Å². The van der Waals surface area contributed by atoms with Gasteiger partial charge in [-0.2, -0.15) is 0 Å². The number of fused-ring (bicyclic) bond motifs is 1. The second-order valence-corrected chi connectivity index (χ2v) is 6.69. The molecule has 1 aromatic carbocycles. The number of pyridine rings is 1. The van der Waals surface area contributed by atoms with E-state index in [0.717, 1.165) is 26.4 Å². The molecular weight excluding hydrogens is 338 g/mol. The fourth-order valence-electron chi connectivity index (χ4n) is 2.42. The Kier molecular flexibility index (Phi) is 5.57. The standard InChI is InChI=1S/C18H19N3O3S/c1-12-21-16-4-3-13(8-17(16)25-12)14-7-15(10-19-9-14)24-6-5-20-18(22)11-23-2/h3-4,7-10H,5-6,11H2,1-2H3,(H,20,22). The molecule has 0 radical (unpaired) electrons. The number of aromatic nitrogens is 2. The second-order valence-electron chi connectivity index (χ2n) is 5.46. The van der Waals surface area contributed by atoms with E-state index in [1.807, 2.05) is 31.3 Å². The van der Waals surface area contributed by atoms with Crippen LogP contribution in [-0.2, 0) is 9.53 Å². The molecule has 0 saturated heterocycles. The van der Waals surface area contributed by atoms with E-state index in [2.05, 4.69) is 21.4 Å². The molecule has 25 heavy (non-hydrogen) atoms. The molecule has 1 amide bonds. The van der Waals surface area contributed by atoms with Gasteiger partial charge in [-0.15, -0.1) is 11.3 Å². The summed E-state index contributed by atoms with van der Waals surface area (Å²) >= 11 is 1.68. The number of hydrogen-bond donors (Lipinski definition) is 1. The minimum atomic E-state index is -0.161. The van der Waals surface area contributed by atoms with E-state index in [1.165, 1.54) is 7.11 Å². The van der Waals surface area contributed by atoms with Gasteiger partial charge < -0.3 is 14.8 Å². The van der Waals surface area contributed by atoms with Crippen molar-refractivity contribution in [2.75, 3.05) is 26.9 Å². The lowest BCUT2D eigenvalue weighted by Gasteiger charge is -2.09. The SMILES string of the molecule is COCC(=O)NCCOc1cncc(-c2ccc3nc(C)sc3c2)c1. The summed E-state index contributed by atoms with van der Waals surface area (Å²) in [6.45, 7) is 2.84. The zero-order valence-corrected chi connectivity index (χ0v) is 14.9. The van der Waals surface area contributed by atoms with Crippen molar-refractivity contribution in [2.24, 2.45) is 0 Å². The highest BCUT2D eigenvalue weighted by atomic mass is 32.1. The molecular formula is C18H19N3O3S. The van der Waals surface area contributed by atoms with Crippen LogP contribution in [0.25, 0.3) is 21.3 Å². The summed E-state index contributed by atoms with van der Waals surface area (Å²) < 4.78 is 11.6. The molecule has 0 aliphatic heterocycles. The van der Waals surface area contributed by atoms with Crippen molar-refractivity contribution in [3.05, 3.63) is 41.7 Å². The third-order valence-corrected chi connectivity index (χ3v) is 4.44. The van der Waals surface area contributed by atoms with E-state index in [1.54, 1.807) is 17.5 Å². The summed E-state index contributed by atoms with van der Waals surface area (Å²) in [4.78, 5) is 20.0. The summed E-state index contributed by atoms with van der Waals surface area (Å²) in [6.07, 6.45) is 3.47. The first-order chi connectivity index (χ1) is 12.2. The lowest BCUT2D eigenvalue weighted by atomic mass is 10.1. The summed E-state index contributed by atoms with van der Waals surface area (Å²) in [6, 6.07) is 8.12. The number of amides is 1. The highest BCUT2D eigenvalue weighted by Gasteiger charge is 2.06. The van der Waals surface area contributed by atoms with Crippen LogP contribution in [-0.4, -0.2) is 42.7 Å². The van der Waals surface area contributed by atoms with Gasteiger partial charge in [-0.1, -0.05) is 6.07 Å². The van der Waals surface area contributed by atoms with Crippen LogP contribution in [0.1, 0.15) is 5.01 Å². The Morgan fingerprint density at radius 1 is 1.24 bits per heavy atom. The van der Waals surface area contributed by atoms with Crippen LogP contribution in [0.3, 0.4) is 0 Å². The lowest BCUT2D eigenvalue weighted by molar-refractivity contribution is -0.124. The van der Waals surface area contributed by atoms with Gasteiger partial charge in [-0.3, -0.25) is 9.78 Å². The normalized spacial score (nSPS) is 10.8. The van der Waals surface area contributed by atoms with Crippen molar-refractivity contribution in [3.8, 4) is 16.9 Å². The molecule has 130 valence electrons. The molecule has 0 spiro atoms. The number of hydrogen-bond acceptors (Lipinski definition) is 6. The van der Waals surface area contributed by atoms with Crippen molar-refractivity contribution >= 4 is 27.5 Å². The van der Waals surface area contributed by atoms with Gasteiger partial charge in [0, 0.05) is 18.9 Å². The minimum absolute atomic E-state index is 0.0522. The van der Waals surface area contributed by atoms with Gasteiger partial charge in [0.05, 0.1) is 28.0 Å². The highest BCUT2D eigenvalue weighted by molar-refractivity contribution is 7.18. The van der Waals surface area contributed by atoms with Crippen LogP contribution in [0.15, 0.2) is 36.7 Å². The van der Waals surface area contributed by atoms with Gasteiger partial charge in [-0.25, -0.2) is 4.98 Å². The largest absolute Gasteiger partial charge is 0.490 e. The molecule has 0 atom stereocenters. The first-order valence-corrected chi connectivity index (χ1v) is 8.68. The number of nitrogens with zero attached hydrogens (tertiary/aromatic N) is 2. The molecule has 0 aliphatic rings. The first-order valence-electron chi connectivity index (χ1n) is 7.87. The Labute approximate surface area is 149 Å². The van der Waals surface area contributed by atoms with Crippen molar-refractivity contribution in [1.82, 2.24) is 15.3 Å². The van der Waals surface area contributed by atoms with Gasteiger partial charge in [0.1, 0.15) is 19.0 Å². The van der Waals surface area contributed by atoms with Crippen LogP contribution >= 0.6 is 11.3 Å². The van der Waals surface area contributed by atoms with E-state index in [4.69, 9.17) is 9.47 Å². The summed E-state index contributed by atoms with van der Waals surface area (Å²) in [5, 5.41) is 3.76. The Morgan fingerprint density at radius 2 is 2.12 bits per heavy atom. The van der Waals surface area contributed by atoms with E-state index >= 15 is 0 Å². The van der Waals surface area contributed by atoms with Crippen LogP contribution in [0, 0.1) is 6.92 Å². The Bertz CT molecular complexity index is 879. The average molecular weight is 357 g/mol. The zero-order chi connectivity index (χ0) is 17.6. The maximum Gasteiger partial charge on any atom is 0.246 e. The molecule has 3 rings (SSSR count). The number of rotatable bonds is 7. The molecule has 1 N–H and O–H groups in total. The zero-order valence-electron chi connectivity index (χ0n) is 14.1. The number of methoxy groups -OCH3 is 1. The summed E-state index contributed by atoms with van der Waals surface area (Å²) in [7, 11) is 1.48. The quantitative estimate of drug-likeness (QED) is 0.658. The van der Waals surface area contributed by atoms with Crippen LogP contribution in [0.2, 0.25) is 0 Å². The number of carbonyl (C=O) groups is 1. The molecule has 3 aromatic rings. The van der Waals surface area contributed by atoms with Gasteiger partial charge in [-0.05, 0) is 30.7 Å². The smallest absolute Gasteiger partial charge is 0.246 e. The number of carbonyl (C=O) groups excluding carboxylic acids is 1. The highest BCUT2D eigenvalue weighted by Crippen LogP contribution is 2.29. The van der Waals surface area contributed by atoms with Crippen LogP contribution in [0.4, 0.5) is 0 Å². The molecule has 0 unspecified atom stereocenters. The van der Waals surface area contributed by atoms with Gasteiger partial charge in [0.15, 0.2) is 0 Å².